The molecule has 4 aromatic rings. The van der Waals surface area contributed by atoms with Crippen LogP contribution >= 0.6 is 34.7 Å². The Kier molecular flexibility index (Phi) is 5.60. The third-order valence-corrected chi connectivity index (χ3v) is 6.97. The predicted octanol–water partition coefficient (Wildman–Crippen LogP) is 6.65. The summed E-state index contributed by atoms with van der Waals surface area (Å²) in [5.74, 6) is 0. The van der Waals surface area contributed by atoms with Gasteiger partial charge in [0.05, 0.1) is 28.4 Å². The van der Waals surface area contributed by atoms with E-state index in [0.29, 0.717) is 22.3 Å². The van der Waals surface area contributed by atoms with Gasteiger partial charge in [-0.3, -0.25) is 10.1 Å². The van der Waals surface area contributed by atoms with Crippen molar-refractivity contribution in [1.29, 1.82) is 0 Å². The number of nitrogens with zero attached hydrogens (tertiary/aromatic N) is 5. The Bertz CT molecular complexity index is 1360. The van der Waals surface area contributed by atoms with Crippen molar-refractivity contribution in [2.75, 3.05) is 4.90 Å². The van der Waals surface area contributed by atoms with Crippen molar-refractivity contribution in [2.24, 2.45) is 4.99 Å². The number of nitro groups is 1. The van der Waals surface area contributed by atoms with Gasteiger partial charge in [0.25, 0.3) is 5.69 Å². The number of aliphatic imine (C=N–C) groups is 1. The molecule has 32 heavy (non-hydrogen) atoms. The minimum atomic E-state index is -0.429. The molecule has 0 spiro atoms. The second-order valence-electron chi connectivity index (χ2n) is 6.82. The van der Waals surface area contributed by atoms with Crippen LogP contribution in [-0.2, 0) is 6.54 Å². The fourth-order valence-corrected chi connectivity index (χ4v) is 5.27. The largest absolute Gasteiger partial charge is 0.333 e. The molecule has 7 nitrogen and oxygen atoms in total. The lowest BCUT2D eigenvalue weighted by atomic mass is 10.2. The zero-order valence-electron chi connectivity index (χ0n) is 16.4. The molecule has 2 heterocycles. The Balaban J connectivity index is 1.43. The summed E-state index contributed by atoms with van der Waals surface area (Å²) >= 11 is 9.33. The number of fused-ring (bicyclic) bond motifs is 2. The maximum Gasteiger partial charge on any atom is 0.278 e. The van der Waals surface area contributed by atoms with E-state index in [1.54, 1.807) is 30.0 Å². The molecule has 0 saturated carbocycles. The molecule has 0 aliphatic carbocycles. The average Bonchev–Trinajstić information content (AvgIpc) is 3.25. The molecule has 0 saturated heterocycles. The Morgan fingerprint density at radius 3 is 2.69 bits per heavy atom. The summed E-state index contributed by atoms with van der Waals surface area (Å²) < 4.78 is 0. The minimum Gasteiger partial charge on any atom is -0.333 e. The second-order valence-corrected chi connectivity index (χ2v) is 9.38. The average molecular weight is 480 g/mol. The third kappa shape index (κ3) is 4.10. The minimum absolute atomic E-state index is 0.00287. The summed E-state index contributed by atoms with van der Waals surface area (Å²) in [6, 6.07) is 20.5. The van der Waals surface area contributed by atoms with E-state index < -0.39 is 4.92 Å². The number of hydrogen-bond donors (Lipinski definition) is 0. The molecule has 0 N–H and O–H groups in total. The summed E-state index contributed by atoms with van der Waals surface area (Å²) in [6.45, 7) is 0.504. The van der Waals surface area contributed by atoms with Crippen molar-refractivity contribution in [3.63, 3.8) is 0 Å². The lowest BCUT2D eigenvalue weighted by molar-refractivity contribution is -0.385. The van der Waals surface area contributed by atoms with Crippen molar-refractivity contribution in [1.82, 2.24) is 10.2 Å². The molecule has 1 aromatic heterocycles. The molecule has 0 fully saturated rings. The van der Waals surface area contributed by atoms with Crippen LogP contribution in [0.5, 0.6) is 0 Å². The van der Waals surface area contributed by atoms with Gasteiger partial charge in [-0.2, -0.15) is 0 Å². The predicted molar refractivity (Wildman–Crippen MR) is 128 cm³/mol. The SMILES string of the molecule is O=[N+]([O-])c1ccccc1/C=N/c1nnc(CN2c3ccccc3Sc3ccc(Cl)cc32)s1. The van der Waals surface area contributed by atoms with Crippen LogP contribution in [0.1, 0.15) is 10.6 Å². The molecule has 0 bridgehead atoms. The Morgan fingerprint density at radius 1 is 1.03 bits per heavy atom. The molecule has 1 aliphatic rings. The highest BCUT2D eigenvalue weighted by molar-refractivity contribution is 7.99. The Hall–Kier alpha value is -3.27. The smallest absolute Gasteiger partial charge is 0.278 e. The third-order valence-electron chi connectivity index (χ3n) is 4.78. The highest BCUT2D eigenvalue weighted by Gasteiger charge is 2.24. The molecule has 1 aliphatic heterocycles. The van der Waals surface area contributed by atoms with Crippen LogP contribution in [0.3, 0.4) is 0 Å². The molecule has 158 valence electrons. The lowest BCUT2D eigenvalue weighted by Crippen LogP contribution is -2.20. The summed E-state index contributed by atoms with van der Waals surface area (Å²) in [5.41, 5.74) is 2.51. The van der Waals surface area contributed by atoms with E-state index in [9.17, 15) is 10.1 Å². The first-order valence-corrected chi connectivity index (χ1v) is 11.5. The maximum absolute atomic E-state index is 11.2. The highest BCUT2D eigenvalue weighted by atomic mass is 35.5. The number of para-hydroxylation sites is 2. The molecule has 0 atom stereocenters. The standard InChI is InChI=1S/C22H14ClN5O2S2/c23-15-9-10-20-18(11-15)27(17-7-3-4-8-19(17)31-20)13-21-25-26-22(32-21)24-12-14-5-1-2-6-16(14)28(29)30/h1-12H,13H2/b24-12+. The van der Waals surface area contributed by atoms with Crippen molar-refractivity contribution in [3.8, 4) is 0 Å². The van der Waals surface area contributed by atoms with Crippen LogP contribution in [0, 0.1) is 10.1 Å². The molecule has 10 heteroatoms. The number of aromatic nitrogens is 2. The molecule has 0 unspecified atom stereocenters. The number of rotatable bonds is 5. The topological polar surface area (TPSA) is 84.5 Å². The molecular formula is C22H14ClN5O2S2. The van der Waals surface area contributed by atoms with Gasteiger partial charge in [0.2, 0.25) is 5.13 Å². The number of hydrogen-bond acceptors (Lipinski definition) is 8. The van der Waals surface area contributed by atoms with Crippen LogP contribution in [0.2, 0.25) is 5.02 Å². The van der Waals surface area contributed by atoms with Crippen LogP contribution in [0.25, 0.3) is 0 Å². The van der Waals surface area contributed by atoms with Crippen LogP contribution in [0.4, 0.5) is 22.2 Å². The van der Waals surface area contributed by atoms with Gasteiger partial charge in [-0.1, -0.05) is 59.0 Å². The van der Waals surface area contributed by atoms with Gasteiger partial charge in [0, 0.05) is 27.1 Å². The maximum atomic E-state index is 11.2. The molecule has 0 radical (unpaired) electrons. The summed E-state index contributed by atoms with van der Waals surface area (Å²) in [4.78, 5) is 19.5. The number of benzene rings is 3. The quantitative estimate of drug-likeness (QED) is 0.181. The van der Waals surface area contributed by atoms with Crippen molar-refractivity contribution >= 4 is 63.1 Å². The van der Waals surface area contributed by atoms with E-state index in [1.807, 2.05) is 30.3 Å². The van der Waals surface area contributed by atoms with Crippen LogP contribution in [0.15, 0.2) is 81.5 Å². The number of nitro benzene ring substituents is 1. The first-order chi connectivity index (χ1) is 15.6. The molecule has 0 amide bonds. The van der Waals surface area contributed by atoms with Crippen molar-refractivity contribution in [3.05, 3.63) is 92.4 Å². The van der Waals surface area contributed by atoms with Gasteiger partial charge < -0.3 is 4.90 Å². The van der Waals surface area contributed by atoms with Crippen LogP contribution < -0.4 is 4.90 Å². The van der Waals surface area contributed by atoms with Crippen molar-refractivity contribution in [2.45, 2.75) is 16.3 Å². The van der Waals surface area contributed by atoms with E-state index in [4.69, 9.17) is 11.6 Å². The number of anilines is 2. The van der Waals surface area contributed by atoms with E-state index in [2.05, 4.69) is 32.2 Å². The summed E-state index contributed by atoms with van der Waals surface area (Å²) in [6.07, 6.45) is 1.45. The van der Waals surface area contributed by atoms with E-state index in [-0.39, 0.29) is 5.69 Å². The Labute approximate surface area is 196 Å². The zero-order chi connectivity index (χ0) is 22.1. The van der Waals surface area contributed by atoms with Gasteiger partial charge in [0.1, 0.15) is 5.01 Å². The fraction of sp³-hybridized carbons (Fsp3) is 0.0455. The van der Waals surface area contributed by atoms with Crippen molar-refractivity contribution < 1.29 is 4.92 Å². The van der Waals surface area contributed by atoms with Gasteiger partial charge in [-0.25, -0.2) is 4.99 Å². The summed E-state index contributed by atoms with van der Waals surface area (Å²) in [5, 5.41) is 21.5. The molecule has 3 aromatic carbocycles. The lowest BCUT2D eigenvalue weighted by Gasteiger charge is -2.32. The van der Waals surface area contributed by atoms with E-state index in [1.165, 1.54) is 23.6 Å². The van der Waals surface area contributed by atoms with Gasteiger partial charge in [-0.05, 0) is 36.4 Å². The first-order valence-electron chi connectivity index (χ1n) is 9.52. The number of halogens is 1. The molecular weight excluding hydrogens is 466 g/mol. The van der Waals surface area contributed by atoms with Gasteiger partial charge in [0.15, 0.2) is 0 Å². The van der Waals surface area contributed by atoms with Gasteiger partial charge in [-0.15, -0.1) is 10.2 Å². The van der Waals surface area contributed by atoms with Crippen LogP contribution in [-0.4, -0.2) is 21.3 Å². The monoisotopic (exact) mass is 479 g/mol. The highest BCUT2D eigenvalue weighted by Crippen LogP contribution is 2.49. The first kappa shape index (κ1) is 20.6. The van der Waals surface area contributed by atoms with Gasteiger partial charge >= 0.3 is 0 Å². The Morgan fingerprint density at radius 2 is 1.81 bits per heavy atom. The second kappa shape index (κ2) is 8.70. The van der Waals surface area contributed by atoms with E-state index >= 15 is 0 Å². The molecule has 5 rings (SSSR count). The zero-order valence-corrected chi connectivity index (χ0v) is 18.8. The van der Waals surface area contributed by atoms with E-state index in [0.717, 1.165) is 26.2 Å². The summed E-state index contributed by atoms with van der Waals surface area (Å²) in [7, 11) is 0. The normalized spacial score (nSPS) is 12.6. The fourth-order valence-electron chi connectivity index (χ4n) is 3.36.